The standard InChI is InChI=1S/C14H9BrO/c15-13-9-5-1-3-7-11(9)14(16)12-8-4-2-6-10(12)13/h1-8,16H. The maximum absolute atomic E-state index is 10.2. The lowest BCUT2D eigenvalue weighted by Crippen LogP contribution is -1.81. The summed E-state index contributed by atoms with van der Waals surface area (Å²) in [7, 11) is 0. The van der Waals surface area contributed by atoms with Crippen LogP contribution in [0.15, 0.2) is 53.0 Å². The second kappa shape index (κ2) is 3.49. The Hall–Kier alpha value is -1.54. The molecule has 0 saturated heterocycles. The third-order valence-corrected chi connectivity index (χ3v) is 3.69. The molecule has 78 valence electrons. The maximum Gasteiger partial charge on any atom is 0.131 e. The Bertz CT molecular complexity index is 572. The van der Waals surface area contributed by atoms with Crippen molar-refractivity contribution in [2.45, 2.75) is 0 Å². The third kappa shape index (κ3) is 1.23. The highest BCUT2D eigenvalue weighted by molar-refractivity contribution is 9.10. The van der Waals surface area contributed by atoms with Gasteiger partial charge in [-0.15, -0.1) is 0 Å². The molecule has 0 atom stereocenters. The van der Waals surface area contributed by atoms with Crippen molar-refractivity contribution < 1.29 is 5.11 Å². The first-order chi connectivity index (χ1) is 7.79. The van der Waals surface area contributed by atoms with Crippen LogP contribution in [-0.4, -0.2) is 5.11 Å². The van der Waals surface area contributed by atoms with Gasteiger partial charge in [-0.1, -0.05) is 48.5 Å². The van der Waals surface area contributed by atoms with Crippen molar-refractivity contribution >= 4 is 37.5 Å². The van der Waals surface area contributed by atoms with Gasteiger partial charge >= 0.3 is 0 Å². The van der Waals surface area contributed by atoms with Crippen LogP contribution in [0.5, 0.6) is 5.75 Å². The molecule has 0 radical (unpaired) electrons. The molecule has 0 aliphatic rings. The van der Waals surface area contributed by atoms with Crippen molar-refractivity contribution in [3.63, 3.8) is 0 Å². The van der Waals surface area contributed by atoms with Gasteiger partial charge in [-0.3, -0.25) is 0 Å². The van der Waals surface area contributed by atoms with Gasteiger partial charge in [0.1, 0.15) is 5.75 Å². The second-order valence-electron chi connectivity index (χ2n) is 3.75. The van der Waals surface area contributed by atoms with Crippen molar-refractivity contribution in [3.8, 4) is 5.75 Å². The third-order valence-electron chi connectivity index (χ3n) is 2.84. The van der Waals surface area contributed by atoms with Gasteiger partial charge < -0.3 is 5.11 Å². The largest absolute Gasteiger partial charge is 0.507 e. The molecule has 3 aromatic carbocycles. The Morgan fingerprint density at radius 3 is 1.50 bits per heavy atom. The molecule has 0 aromatic heterocycles. The van der Waals surface area contributed by atoms with E-state index >= 15 is 0 Å². The summed E-state index contributed by atoms with van der Waals surface area (Å²) in [5.74, 6) is 0.356. The number of phenolic OH excluding ortho intramolecular Hbond substituents is 1. The van der Waals surface area contributed by atoms with Gasteiger partial charge in [0.25, 0.3) is 0 Å². The number of aromatic hydroxyl groups is 1. The maximum atomic E-state index is 10.2. The van der Waals surface area contributed by atoms with Crippen LogP contribution in [0.2, 0.25) is 0 Å². The van der Waals surface area contributed by atoms with Crippen LogP contribution < -0.4 is 0 Å². The molecule has 16 heavy (non-hydrogen) atoms. The summed E-state index contributed by atoms with van der Waals surface area (Å²) in [5, 5.41) is 14.1. The van der Waals surface area contributed by atoms with Crippen molar-refractivity contribution in [1.29, 1.82) is 0 Å². The van der Waals surface area contributed by atoms with Gasteiger partial charge in [-0.2, -0.15) is 0 Å². The summed E-state index contributed by atoms with van der Waals surface area (Å²) < 4.78 is 1.04. The van der Waals surface area contributed by atoms with Gasteiger partial charge in [0.15, 0.2) is 0 Å². The van der Waals surface area contributed by atoms with Gasteiger partial charge in [0.05, 0.1) is 0 Å². The fraction of sp³-hybridized carbons (Fsp3) is 0. The lowest BCUT2D eigenvalue weighted by atomic mass is 10.0. The van der Waals surface area contributed by atoms with Crippen LogP contribution in [0.3, 0.4) is 0 Å². The van der Waals surface area contributed by atoms with Crippen molar-refractivity contribution in [2.75, 3.05) is 0 Å². The summed E-state index contributed by atoms with van der Waals surface area (Å²) >= 11 is 3.61. The fourth-order valence-electron chi connectivity index (χ4n) is 2.05. The Morgan fingerprint density at radius 2 is 1.06 bits per heavy atom. The van der Waals surface area contributed by atoms with E-state index in [1.807, 2.05) is 48.5 Å². The topological polar surface area (TPSA) is 20.2 Å². The van der Waals surface area contributed by atoms with Crippen molar-refractivity contribution in [3.05, 3.63) is 53.0 Å². The normalized spacial score (nSPS) is 11.1. The first-order valence-electron chi connectivity index (χ1n) is 5.07. The van der Waals surface area contributed by atoms with E-state index in [1.54, 1.807) is 0 Å². The Kier molecular flexibility index (Phi) is 2.11. The summed E-state index contributed by atoms with van der Waals surface area (Å²) in [6, 6.07) is 15.7. The Morgan fingerprint density at radius 1 is 0.688 bits per heavy atom. The van der Waals surface area contributed by atoms with Crippen molar-refractivity contribution in [2.24, 2.45) is 0 Å². The number of rotatable bonds is 0. The molecular weight excluding hydrogens is 264 g/mol. The van der Waals surface area contributed by atoms with E-state index in [4.69, 9.17) is 0 Å². The fourth-order valence-corrected chi connectivity index (χ4v) is 2.74. The number of halogens is 1. The zero-order valence-electron chi connectivity index (χ0n) is 8.44. The Labute approximate surface area is 101 Å². The summed E-state index contributed by atoms with van der Waals surface area (Å²) in [6.07, 6.45) is 0. The predicted octanol–water partition coefficient (Wildman–Crippen LogP) is 4.46. The minimum atomic E-state index is 0.356. The lowest BCUT2D eigenvalue weighted by Gasteiger charge is -2.08. The molecule has 3 rings (SSSR count). The molecule has 0 aliphatic heterocycles. The molecular formula is C14H9BrO. The van der Waals surface area contributed by atoms with Crippen LogP contribution >= 0.6 is 15.9 Å². The van der Waals surface area contributed by atoms with Crippen LogP contribution in [0.1, 0.15) is 0 Å². The number of hydrogen-bond donors (Lipinski definition) is 1. The lowest BCUT2D eigenvalue weighted by molar-refractivity contribution is 0.488. The van der Waals surface area contributed by atoms with E-state index in [0.29, 0.717) is 5.75 Å². The highest BCUT2D eigenvalue weighted by Crippen LogP contribution is 2.39. The molecule has 0 unspecified atom stereocenters. The molecule has 0 amide bonds. The van der Waals surface area contributed by atoms with Crippen LogP contribution in [0.25, 0.3) is 21.5 Å². The highest BCUT2D eigenvalue weighted by Gasteiger charge is 2.09. The molecule has 1 N–H and O–H groups in total. The predicted molar refractivity (Wildman–Crippen MR) is 70.8 cm³/mol. The molecule has 1 nitrogen and oxygen atoms in total. The quantitative estimate of drug-likeness (QED) is 0.599. The smallest absolute Gasteiger partial charge is 0.131 e. The second-order valence-corrected chi connectivity index (χ2v) is 4.55. The minimum absolute atomic E-state index is 0.356. The van der Waals surface area contributed by atoms with E-state index in [1.165, 1.54) is 0 Å². The van der Waals surface area contributed by atoms with Crippen LogP contribution in [-0.2, 0) is 0 Å². The highest BCUT2D eigenvalue weighted by atomic mass is 79.9. The molecule has 0 fully saturated rings. The molecule has 2 heteroatoms. The average molecular weight is 273 g/mol. The molecule has 0 spiro atoms. The van der Waals surface area contributed by atoms with Gasteiger partial charge in [0, 0.05) is 26.0 Å². The number of fused-ring (bicyclic) bond motifs is 2. The molecule has 0 heterocycles. The SMILES string of the molecule is Oc1c2ccccc2c(Br)c2ccccc12. The molecule has 0 aliphatic carbocycles. The average Bonchev–Trinajstić information content (AvgIpc) is 2.36. The molecule has 3 aromatic rings. The van der Waals surface area contributed by atoms with E-state index in [9.17, 15) is 5.11 Å². The van der Waals surface area contributed by atoms with E-state index < -0.39 is 0 Å². The monoisotopic (exact) mass is 272 g/mol. The van der Waals surface area contributed by atoms with E-state index in [0.717, 1.165) is 26.0 Å². The first kappa shape index (κ1) is 9.67. The number of benzene rings is 3. The summed E-state index contributed by atoms with van der Waals surface area (Å²) in [4.78, 5) is 0. The summed E-state index contributed by atoms with van der Waals surface area (Å²) in [5.41, 5.74) is 0. The zero-order chi connectivity index (χ0) is 11.1. The van der Waals surface area contributed by atoms with Gasteiger partial charge in [-0.25, -0.2) is 0 Å². The van der Waals surface area contributed by atoms with E-state index in [2.05, 4.69) is 15.9 Å². The number of hydrogen-bond acceptors (Lipinski definition) is 1. The minimum Gasteiger partial charge on any atom is -0.507 e. The molecule has 0 saturated carbocycles. The van der Waals surface area contributed by atoms with E-state index in [-0.39, 0.29) is 0 Å². The first-order valence-corrected chi connectivity index (χ1v) is 5.86. The van der Waals surface area contributed by atoms with Crippen LogP contribution in [0, 0.1) is 0 Å². The van der Waals surface area contributed by atoms with Crippen molar-refractivity contribution in [1.82, 2.24) is 0 Å². The zero-order valence-corrected chi connectivity index (χ0v) is 10.0. The number of phenols is 1. The van der Waals surface area contributed by atoms with Crippen LogP contribution in [0.4, 0.5) is 0 Å². The Balaban J connectivity index is 2.67. The molecule has 0 bridgehead atoms. The summed E-state index contributed by atoms with van der Waals surface area (Å²) in [6.45, 7) is 0. The van der Waals surface area contributed by atoms with Gasteiger partial charge in [-0.05, 0) is 15.9 Å². The van der Waals surface area contributed by atoms with Gasteiger partial charge in [0.2, 0.25) is 0 Å².